The molecule has 1 fully saturated rings. The SMILES string of the molecule is Cc1ccc(C(=O)Nc2ccc3c(c2)nc(CCN2CCN(c4ccc(C)cc4)CC2)n3C)cc1. The molecule has 0 bridgehead atoms. The summed E-state index contributed by atoms with van der Waals surface area (Å²) in [5, 5.41) is 3.00. The lowest BCUT2D eigenvalue weighted by molar-refractivity contribution is 0.102. The van der Waals surface area contributed by atoms with Gasteiger partial charge in [0.05, 0.1) is 11.0 Å². The molecular weight excluding hydrogens is 434 g/mol. The Balaban J connectivity index is 1.19. The van der Waals surface area contributed by atoms with Crippen LogP contribution in [0.1, 0.15) is 27.3 Å². The van der Waals surface area contributed by atoms with Gasteiger partial charge in [0.25, 0.3) is 5.91 Å². The number of carbonyl (C=O) groups is 1. The summed E-state index contributed by atoms with van der Waals surface area (Å²) in [7, 11) is 2.07. The second-order valence-corrected chi connectivity index (χ2v) is 9.52. The van der Waals surface area contributed by atoms with Crippen LogP contribution in [0.4, 0.5) is 11.4 Å². The molecule has 1 N–H and O–H groups in total. The Morgan fingerprint density at radius 2 is 1.54 bits per heavy atom. The molecule has 35 heavy (non-hydrogen) atoms. The molecule has 4 aromatic rings. The van der Waals surface area contributed by atoms with Crippen LogP contribution in [-0.4, -0.2) is 53.1 Å². The lowest BCUT2D eigenvalue weighted by Crippen LogP contribution is -2.47. The third-order valence-electron chi connectivity index (χ3n) is 6.97. The van der Waals surface area contributed by atoms with Gasteiger partial charge in [-0.25, -0.2) is 4.98 Å². The van der Waals surface area contributed by atoms with E-state index in [1.165, 1.54) is 11.3 Å². The monoisotopic (exact) mass is 467 g/mol. The molecule has 1 aromatic heterocycles. The van der Waals surface area contributed by atoms with Crippen LogP contribution in [0.25, 0.3) is 11.0 Å². The minimum absolute atomic E-state index is 0.106. The van der Waals surface area contributed by atoms with E-state index in [4.69, 9.17) is 4.98 Å². The predicted molar refractivity (Wildman–Crippen MR) is 143 cm³/mol. The Morgan fingerprint density at radius 1 is 0.886 bits per heavy atom. The molecule has 6 nitrogen and oxygen atoms in total. The number of fused-ring (bicyclic) bond motifs is 1. The van der Waals surface area contributed by atoms with Crippen molar-refractivity contribution < 1.29 is 4.79 Å². The topological polar surface area (TPSA) is 53.4 Å². The van der Waals surface area contributed by atoms with E-state index in [0.717, 1.165) is 67.3 Å². The minimum Gasteiger partial charge on any atom is -0.369 e. The maximum Gasteiger partial charge on any atom is 0.255 e. The molecule has 1 saturated heterocycles. The number of imidazole rings is 1. The van der Waals surface area contributed by atoms with E-state index in [9.17, 15) is 4.79 Å². The van der Waals surface area contributed by atoms with Gasteiger partial charge in [0, 0.05) is 63.1 Å². The average Bonchev–Trinajstić information content (AvgIpc) is 3.18. The fourth-order valence-electron chi connectivity index (χ4n) is 4.70. The van der Waals surface area contributed by atoms with E-state index in [1.807, 2.05) is 49.4 Å². The third kappa shape index (κ3) is 5.23. The zero-order valence-electron chi connectivity index (χ0n) is 20.8. The van der Waals surface area contributed by atoms with E-state index < -0.39 is 0 Å². The number of hydrogen-bond donors (Lipinski definition) is 1. The molecule has 0 atom stereocenters. The molecule has 0 radical (unpaired) electrons. The second-order valence-electron chi connectivity index (χ2n) is 9.52. The van der Waals surface area contributed by atoms with Crippen molar-refractivity contribution in [1.29, 1.82) is 0 Å². The highest BCUT2D eigenvalue weighted by atomic mass is 16.1. The van der Waals surface area contributed by atoms with Gasteiger partial charge in [-0.1, -0.05) is 35.4 Å². The fraction of sp³-hybridized carbons (Fsp3) is 0.310. The van der Waals surface area contributed by atoms with E-state index in [2.05, 4.69) is 57.9 Å². The number of nitrogens with one attached hydrogen (secondary N) is 1. The zero-order valence-corrected chi connectivity index (χ0v) is 20.8. The zero-order chi connectivity index (χ0) is 24.4. The van der Waals surface area contributed by atoms with Crippen LogP contribution >= 0.6 is 0 Å². The number of nitrogens with zero attached hydrogens (tertiary/aromatic N) is 4. The summed E-state index contributed by atoms with van der Waals surface area (Å²) in [6.45, 7) is 9.37. The standard InChI is InChI=1S/C29H33N5O/c1-21-4-8-23(9-5-21)29(35)30-24-10-13-27-26(20-24)31-28(32(27)3)14-15-33-16-18-34(19-17-33)25-11-6-22(2)7-12-25/h4-13,20H,14-19H2,1-3H3,(H,30,35). The van der Waals surface area contributed by atoms with Crippen LogP contribution in [0, 0.1) is 13.8 Å². The van der Waals surface area contributed by atoms with Crippen molar-refractivity contribution in [3.05, 3.63) is 89.2 Å². The summed E-state index contributed by atoms with van der Waals surface area (Å²) in [6, 6.07) is 22.4. The first-order valence-electron chi connectivity index (χ1n) is 12.3. The van der Waals surface area contributed by atoms with Crippen LogP contribution < -0.4 is 10.2 Å². The number of aromatic nitrogens is 2. The maximum absolute atomic E-state index is 12.6. The predicted octanol–water partition coefficient (Wildman–Crippen LogP) is 4.81. The molecule has 0 spiro atoms. The highest BCUT2D eigenvalue weighted by molar-refractivity contribution is 6.05. The summed E-state index contributed by atoms with van der Waals surface area (Å²) in [6.07, 6.45) is 0.904. The summed E-state index contributed by atoms with van der Waals surface area (Å²) >= 11 is 0. The summed E-state index contributed by atoms with van der Waals surface area (Å²) < 4.78 is 2.17. The number of piperazine rings is 1. The van der Waals surface area contributed by atoms with Gasteiger partial charge in [-0.15, -0.1) is 0 Å². The normalized spacial score (nSPS) is 14.4. The van der Waals surface area contributed by atoms with E-state index in [-0.39, 0.29) is 5.91 Å². The second kappa shape index (κ2) is 9.92. The lowest BCUT2D eigenvalue weighted by atomic mass is 10.1. The number of anilines is 2. The lowest BCUT2D eigenvalue weighted by Gasteiger charge is -2.36. The average molecular weight is 468 g/mol. The van der Waals surface area contributed by atoms with Gasteiger partial charge in [0.1, 0.15) is 5.82 Å². The first-order valence-corrected chi connectivity index (χ1v) is 12.3. The van der Waals surface area contributed by atoms with Gasteiger partial charge in [-0.3, -0.25) is 9.69 Å². The van der Waals surface area contributed by atoms with Crippen molar-refractivity contribution in [2.24, 2.45) is 7.05 Å². The highest BCUT2D eigenvalue weighted by Crippen LogP contribution is 2.22. The molecule has 180 valence electrons. The van der Waals surface area contributed by atoms with Crippen LogP contribution in [0.5, 0.6) is 0 Å². The van der Waals surface area contributed by atoms with Crippen LogP contribution in [0.2, 0.25) is 0 Å². The summed E-state index contributed by atoms with van der Waals surface area (Å²) in [5.41, 5.74) is 7.16. The highest BCUT2D eigenvalue weighted by Gasteiger charge is 2.18. The quantitative estimate of drug-likeness (QED) is 0.442. The summed E-state index contributed by atoms with van der Waals surface area (Å²) in [5.74, 6) is 0.966. The molecule has 0 saturated carbocycles. The molecule has 5 rings (SSSR count). The Labute approximate surface area is 207 Å². The van der Waals surface area contributed by atoms with Crippen molar-refractivity contribution in [2.75, 3.05) is 42.9 Å². The van der Waals surface area contributed by atoms with Crippen LogP contribution in [0.15, 0.2) is 66.7 Å². The van der Waals surface area contributed by atoms with Gasteiger partial charge in [-0.2, -0.15) is 0 Å². The molecule has 1 aliphatic rings. The number of hydrogen-bond acceptors (Lipinski definition) is 4. The number of amides is 1. The smallest absolute Gasteiger partial charge is 0.255 e. The Kier molecular flexibility index (Phi) is 6.55. The molecule has 3 aromatic carbocycles. The van der Waals surface area contributed by atoms with Gasteiger partial charge < -0.3 is 14.8 Å². The van der Waals surface area contributed by atoms with Crippen LogP contribution in [0.3, 0.4) is 0 Å². The Bertz CT molecular complexity index is 1320. The van der Waals surface area contributed by atoms with E-state index in [1.54, 1.807) is 0 Å². The van der Waals surface area contributed by atoms with Crippen molar-refractivity contribution in [3.8, 4) is 0 Å². The first kappa shape index (κ1) is 23.1. The Morgan fingerprint density at radius 3 is 2.23 bits per heavy atom. The number of carbonyl (C=O) groups excluding carboxylic acids is 1. The summed E-state index contributed by atoms with van der Waals surface area (Å²) in [4.78, 5) is 22.5. The maximum atomic E-state index is 12.6. The first-order chi connectivity index (χ1) is 17.0. The molecule has 0 unspecified atom stereocenters. The van der Waals surface area contributed by atoms with Crippen molar-refractivity contribution >= 4 is 28.3 Å². The largest absolute Gasteiger partial charge is 0.369 e. The minimum atomic E-state index is -0.106. The molecular formula is C29H33N5O. The molecule has 2 heterocycles. The molecule has 1 aliphatic heterocycles. The number of benzene rings is 3. The molecule has 0 aliphatic carbocycles. The third-order valence-corrected chi connectivity index (χ3v) is 6.97. The number of aryl methyl sites for hydroxylation is 3. The van der Waals surface area contributed by atoms with Gasteiger partial charge in [0.15, 0.2) is 0 Å². The van der Waals surface area contributed by atoms with Crippen molar-refractivity contribution in [3.63, 3.8) is 0 Å². The fourth-order valence-corrected chi connectivity index (χ4v) is 4.70. The van der Waals surface area contributed by atoms with Gasteiger partial charge in [-0.05, 0) is 56.3 Å². The van der Waals surface area contributed by atoms with Crippen LogP contribution in [-0.2, 0) is 13.5 Å². The van der Waals surface area contributed by atoms with E-state index in [0.29, 0.717) is 5.56 Å². The van der Waals surface area contributed by atoms with Crippen molar-refractivity contribution in [2.45, 2.75) is 20.3 Å². The molecule has 6 heteroatoms. The van der Waals surface area contributed by atoms with Gasteiger partial charge in [0.2, 0.25) is 0 Å². The van der Waals surface area contributed by atoms with Gasteiger partial charge >= 0.3 is 0 Å². The number of rotatable bonds is 6. The Hall–Kier alpha value is -3.64. The molecule has 1 amide bonds. The van der Waals surface area contributed by atoms with E-state index >= 15 is 0 Å². The van der Waals surface area contributed by atoms with Crippen molar-refractivity contribution in [1.82, 2.24) is 14.5 Å².